The zero-order valence-corrected chi connectivity index (χ0v) is 13.8. The Morgan fingerprint density at radius 3 is 2.42 bits per heavy atom. The van der Waals surface area contributed by atoms with Gasteiger partial charge in [0.2, 0.25) is 0 Å². The molecule has 0 aromatic heterocycles. The first-order chi connectivity index (χ1) is 12.4. The van der Waals surface area contributed by atoms with Gasteiger partial charge in [-0.1, -0.05) is 23.7 Å². The van der Waals surface area contributed by atoms with E-state index in [1.54, 1.807) is 0 Å². The number of carbonyl (C=O) groups is 3. The molecular formula is C17H12ClF2NO5. The standard InChI is InChI=1S/C17H12ClF2NO5/c18-13-7-12(5-6-14(13)26-17(19)20)21-15(23)9-25-16(24)11-3-1-10(8-22)2-4-11/h1-8,17H,9H2,(H,21,23). The Morgan fingerprint density at radius 2 is 1.85 bits per heavy atom. The number of aldehydes is 1. The van der Waals surface area contributed by atoms with Crippen molar-refractivity contribution in [1.29, 1.82) is 0 Å². The minimum atomic E-state index is -3.02. The van der Waals surface area contributed by atoms with Crippen LogP contribution in [-0.2, 0) is 9.53 Å². The first kappa shape index (κ1) is 19.3. The molecule has 1 amide bonds. The molecule has 0 aliphatic rings. The molecule has 6 nitrogen and oxygen atoms in total. The van der Waals surface area contributed by atoms with Gasteiger partial charge < -0.3 is 14.8 Å². The molecule has 0 spiro atoms. The molecule has 0 heterocycles. The summed E-state index contributed by atoms with van der Waals surface area (Å²) in [5.41, 5.74) is 0.795. The van der Waals surface area contributed by atoms with Crippen LogP contribution in [0.3, 0.4) is 0 Å². The predicted octanol–water partition coefficient (Wildman–Crippen LogP) is 3.55. The first-order valence-corrected chi connectivity index (χ1v) is 7.53. The minimum Gasteiger partial charge on any atom is -0.452 e. The van der Waals surface area contributed by atoms with Crippen LogP contribution in [0, 0.1) is 0 Å². The van der Waals surface area contributed by atoms with Crippen LogP contribution in [0.25, 0.3) is 0 Å². The van der Waals surface area contributed by atoms with Crippen molar-refractivity contribution in [2.75, 3.05) is 11.9 Å². The van der Waals surface area contributed by atoms with Gasteiger partial charge in [-0.05, 0) is 30.3 Å². The number of carbonyl (C=O) groups excluding carboxylic acids is 3. The lowest BCUT2D eigenvalue weighted by Gasteiger charge is -2.10. The number of benzene rings is 2. The first-order valence-electron chi connectivity index (χ1n) is 7.15. The molecule has 0 unspecified atom stereocenters. The van der Waals surface area contributed by atoms with Crippen molar-refractivity contribution >= 4 is 35.5 Å². The van der Waals surface area contributed by atoms with E-state index in [0.717, 1.165) is 0 Å². The molecule has 0 aliphatic carbocycles. The summed E-state index contributed by atoms with van der Waals surface area (Å²) in [4.78, 5) is 34.1. The summed E-state index contributed by atoms with van der Waals surface area (Å²) in [7, 11) is 0. The van der Waals surface area contributed by atoms with E-state index in [1.165, 1.54) is 42.5 Å². The highest BCUT2D eigenvalue weighted by Gasteiger charge is 2.12. The van der Waals surface area contributed by atoms with E-state index in [-0.39, 0.29) is 22.0 Å². The van der Waals surface area contributed by atoms with E-state index in [0.29, 0.717) is 11.8 Å². The van der Waals surface area contributed by atoms with E-state index < -0.39 is 25.1 Å². The zero-order valence-electron chi connectivity index (χ0n) is 13.1. The van der Waals surface area contributed by atoms with Gasteiger partial charge in [-0.2, -0.15) is 8.78 Å². The van der Waals surface area contributed by atoms with E-state index >= 15 is 0 Å². The van der Waals surface area contributed by atoms with Crippen LogP contribution in [0.15, 0.2) is 42.5 Å². The van der Waals surface area contributed by atoms with E-state index in [4.69, 9.17) is 16.3 Å². The maximum absolute atomic E-state index is 12.2. The van der Waals surface area contributed by atoms with Gasteiger partial charge in [0.25, 0.3) is 5.91 Å². The molecular weight excluding hydrogens is 372 g/mol. The number of esters is 1. The van der Waals surface area contributed by atoms with Gasteiger partial charge in [0.05, 0.1) is 10.6 Å². The smallest absolute Gasteiger partial charge is 0.387 e. The maximum Gasteiger partial charge on any atom is 0.387 e. The molecule has 0 aliphatic heterocycles. The Kier molecular flexibility index (Phi) is 6.62. The molecule has 0 fully saturated rings. The van der Waals surface area contributed by atoms with Gasteiger partial charge in [-0.15, -0.1) is 0 Å². The summed E-state index contributed by atoms with van der Waals surface area (Å²) >= 11 is 5.77. The summed E-state index contributed by atoms with van der Waals surface area (Å²) in [5, 5.41) is 2.28. The largest absolute Gasteiger partial charge is 0.452 e. The van der Waals surface area contributed by atoms with Gasteiger partial charge in [-0.25, -0.2) is 4.79 Å². The maximum atomic E-state index is 12.2. The molecule has 2 aromatic rings. The molecule has 0 atom stereocenters. The average Bonchev–Trinajstić information content (AvgIpc) is 2.62. The van der Waals surface area contributed by atoms with Crippen LogP contribution in [-0.4, -0.2) is 31.4 Å². The van der Waals surface area contributed by atoms with E-state index in [2.05, 4.69) is 10.1 Å². The number of alkyl halides is 2. The summed E-state index contributed by atoms with van der Waals surface area (Å²) < 4.78 is 33.3. The molecule has 136 valence electrons. The fourth-order valence-electron chi connectivity index (χ4n) is 1.88. The lowest BCUT2D eigenvalue weighted by Crippen LogP contribution is -2.21. The van der Waals surface area contributed by atoms with E-state index in [9.17, 15) is 23.2 Å². The quantitative estimate of drug-likeness (QED) is 0.584. The molecule has 0 saturated carbocycles. The molecule has 1 N–H and O–H groups in total. The van der Waals surface area contributed by atoms with Crippen molar-refractivity contribution in [3.05, 3.63) is 58.6 Å². The van der Waals surface area contributed by atoms with Crippen molar-refractivity contribution in [1.82, 2.24) is 0 Å². The second kappa shape index (κ2) is 8.91. The highest BCUT2D eigenvalue weighted by molar-refractivity contribution is 6.32. The van der Waals surface area contributed by atoms with Crippen molar-refractivity contribution in [3.63, 3.8) is 0 Å². The zero-order chi connectivity index (χ0) is 19.1. The second-order valence-corrected chi connectivity index (χ2v) is 5.30. The molecule has 9 heteroatoms. The number of nitrogens with one attached hydrogen (secondary N) is 1. The third kappa shape index (κ3) is 5.52. The number of rotatable bonds is 7. The van der Waals surface area contributed by atoms with Crippen LogP contribution >= 0.6 is 11.6 Å². The van der Waals surface area contributed by atoms with Crippen LogP contribution in [0.5, 0.6) is 5.75 Å². The fourth-order valence-corrected chi connectivity index (χ4v) is 2.10. The van der Waals surface area contributed by atoms with Gasteiger partial charge in [0.15, 0.2) is 6.61 Å². The Balaban J connectivity index is 1.89. The van der Waals surface area contributed by atoms with Crippen LogP contribution < -0.4 is 10.1 Å². The second-order valence-electron chi connectivity index (χ2n) is 4.89. The number of amides is 1. The van der Waals surface area contributed by atoms with Crippen LogP contribution in [0.4, 0.5) is 14.5 Å². The molecule has 0 bridgehead atoms. The number of ether oxygens (including phenoxy) is 2. The number of halogens is 3. The molecule has 26 heavy (non-hydrogen) atoms. The van der Waals surface area contributed by atoms with Crippen LogP contribution in [0.2, 0.25) is 5.02 Å². The average molecular weight is 384 g/mol. The molecule has 0 saturated heterocycles. The summed E-state index contributed by atoms with van der Waals surface area (Å²) in [5.74, 6) is -1.62. The Morgan fingerprint density at radius 1 is 1.15 bits per heavy atom. The normalized spacial score (nSPS) is 10.3. The Labute approximate surface area is 151 Å². The summed E-state index contributed by atoms with van der Waals surface area (Å²) in [6, 6.07) is 9.36. The predicted molar refractivity (Wildman–Crippen MR) is 88.8 cm³/mol. The van der Waals surface area contributed by atoms with Gasteiger partial charge in [0, 0.05) is 11.3 Å². The van der Waals surface area contributed by atoms with Crippen LogP contribution in [0.1, 0.15) is 20.7 Å². The number of hydrogen-bond donors (Lipinski definition) is 1. The van der Waals surface area contributed by atoms with Crippen molar-refractivity contribution < 1.29 is 32.6 Å². The SMILES string of the molecule is O=Cc1ccc(C(=O)OCC(=O)Nc2ccc(OC(F)F)c(Cl)c2)cc1. The lowest BCUT2D eigenvalue weighted by atomic mass is 10.1. The summed E-state index contributed by atoms with van der Waals surface area (Å²) in [6.45, 7) is -3.59. The monoisotopic (exact) mass is 383 g/mol. The number of anilines is 1. The van der Waals surface area contributed by atoms with Gasteiger partial charge in [-0.3, -0.25) is 9.59 Å². The highest BCUT2D eigenvalue weighted by Crippen LogP contribution is 2.28. The fraction of sp³-hybridized carbons (Fsp3) is 0.118. The molecule has 0 radical (unpaired) electrons. The number of hydrogen-bond acceptors (Lipinski definition) is 5. The lowest BCUT2D eigenvalue weighted by molar-refractivity contribution is -0.119. The Hall–Kier alpha value is -3.00. The van der Waals surface area contributed by atoms with Crippen molar-refractivity contribution in [3.8, 4) is 5.75 Å². The van der Waals surface area contributed by atoms with Gasteiger partial charge in [0.1, 0.15) is 12.0 Å². The van der Waals surface area contributed by atoms with Crippen molar-refractivity contribution in [2.45, 2.75) is 6.61 Å². The molecule has 2 aromatic carbocycles. The Bertz CT molecular complexity index is 811. The summed E-state index contributed by atoms with van der Waals surface area (Å²) in [6.07, 6.45) is 0.630. The third-order valence-corrected chi connectivity index (χ3v) is 3.34. The van der Waals surface area contributed by atoms with Gasteiger partial charge >= 0.3 is 12.6 Å². The van der Waals surface area contributed by atoms with E-state index in [1.807, 2.05) is 0 Å². The van der Waals surface area contributed by atoms with Crippen molar-refractivity contribution in [2.24, 2.45) is 0 Å². The minimum absolute atomic E-state index is 0.115. The topological polar surface area (TPSA) is 81.7 Å². The third-order valence-electron chi connectivity index (χ3n) is 3.05. The molecule has 2 rings (SSSR count). The highest BCUT2D eigenvalue weighted by atomic mass is 35.5.